The zero-order valence-electron chi connectivity index (χ0n) is 21.0. The number of methoxy groups -OCH3 is 1. The molecule has 0 unspecified atom stereocenters. The molecule has 7 nitrogen and oxygen atoms in total. The number of fused-ring (bicyclic) bond motifs is 1. The molecule has 2 aromatic carbocycles. The number of amides is 2. The van der Waals surface area contributed by atoms with E-state index in [9.17, 15) is 14.0 Å². The minimum absolute atomic E-state index is 0.0842. The Balaban J connectivity index is 1.34. The van der Waals surface area contributed by atoms with Crippen molar-refractivity contribution in [3.05, 3.63) is 52.8 Å². The summed E-state index contributed by atoms with van der Waals surface area (Å²) < 4.78 is 18.9. The third-order valence-electron chi connectivity index (χ3n) is 7.11. The number of likely N-dealkylation sites (N-methyl/N-ethyl adjacent to an activating group) is 1. The van der Waals surface area contributed by atoms with E-state index in [0.717, 1.165) is 48.3 Å². The van der Waals surface area contributed by atoms with Gasteiger partial charge in [-0.25, -0.2) is 4.39 Å². The second-order valence-corrected chi connectivity index (χ2v) is 9.83. The van der Waals surface area contributed by atoms with Gasteiger partial charge in [0.2, 0.25) is 5.91 Å². The number of anilines is 2. The molecule has 1 heterocycles. The van der Waals surface area contributed by atoms with Gasteiger partial charge in [-0.2, -0.15) is 0 Å². The van der Waals surface area contributed by atoms with Crippen molar-refractivity contribution in [2.24, 2.45) is 5.92 Å². The van der Waals surface area contributed by atoms with Crippen LogP contribution in [-0.4, -0.2) is 62.0 Å². The first kappa shape index (κ1) is 25.0. The second kappa shape index (κ2) is 10.6. The number of rotatable bonds is 8. The Hall–Kier alpha value is -3.13. The maximum Gasteiger partial charge on any atom is 0.254 e. The van der Waals surface area contributed by atoms with Crippen LogP contribution >= 0.6 is 0 Å². The van der Waals surface area contributed by atoms with Gasteiger partial charge in [0.15, 0.2) is 11.6 Å². The largest absolute Gasteiger partial charge is 0.494 e. The topological polar surface area (TPSA) is 73.9 Å². The normalized spacial score (nSPS) is 19.6. The molecule has 0 bridgehead atoms. The predicted molar refractivity (Wildman–Crippen MR) is 135 cm³/mol. The lowest BCUT2D eigenvalue weighted by Crippen LogP contribution is -2.40. The highest BCUT2D eigenvalue weighted by Crippen LogP contribution is 2.36. The molecule has 2 amide bonds. The van der Waals surface area contributed by atoms with Crippen LogP contribution in [0, 0.1) is 18.7 Å². The smallest absolute Gasteiger partial charge is 0.254 e. The lowest BCUT2D eigenvalue weighted by atomic mass is 9.84. The molecule has 188 valence electrons. The Morgan fingerprint density at radius 1 is 1.14 bits per heavy atom. The van der Waals surface area contributed by atoms with Gasteiger partial charge in [-0.15, -0.1) is 0 Å². The third-order valence-corrected chi connectivity index (χ3v) is 7.11. The lowest BCUT2D eigenvalue weighted by Gasteiger charge is -2.34. The minimum atomic E-state index is -0.507. The van der Waals surface area contributed by atoms with Gasteiger partial charge in [0.05, 0.1) is 7.11 Å². The summed E-state index contributed by atoms with van der Waals surface area (Å²) in [6.07, 6.45) is 2.96. The number of aryl methyl sites for hydroxylation is 1. The Morgan fingerprint density at radius 3 is 2.54 bits per heavy atom. The summed E-state index contributed by atoms with van der Waals surface area (Å²) in [5.41, 5.74) is 4.43. The highest BCUT2D eigenvalue weighted by Gasteiger charge is 2.37. The van der Waals surface area contributed by atoms with Crippen LogP contribution in [0.25, 0.3) is 0 Å². The van der Waals surface area contributed by atoms with Crippen molar-refractivity contribution in [3.8, 4) is 5.75 Å². The van der Waals surface area contributed by atoms with Crippen LogP contribution in [0.2, 0.25) is 0 Å². The maximum absolute atomic E-state index is 13.9. The molecule has 2 aromatic rings. The zero-order valence-corrected chi connectivity index (χ0v) is 21.0. The summed E-state index contributed by atoms with van der Waals surface area (Å²) in [5, 5.41) is 6.25. The molecular weight excluding hydrogens is 447 g/mol. The van der Waals surface area contributed by atoms with Crippen molar-refractivity contribution in [2.75, 3.05) is 44.9 Å². The average Bonchev–Trinajstić information content (AvgIpc) is 3.16. The van der Waals surface area contributed by atoms with Gasteiger partial charge in [-0.05, 0) is 82.1 Å². The fourth-order valence-corrected chi connectivity index (χ4v) is 5.07. The van der Waals surface area contributed by atoms with E-state index in [-0.39, 0.29) is 29.5 Å². The molecule has 8 heteroatoms. The number of hydrogen-bond donors (Lipinski definition) is 2. The molecule has 2 aliphatic rings. The molecular formula is C27H35FN4O3. The Morgan fingerprint density at radius 2 is 1.89 bits per heavy atom. The Labute approximate surface area is 206 Å². The van der Waals surface area contributed by atoms with Crippen molar-refractivity contribution in [1.29, 1.82) is 0 Å². The van der Waals surface area contributed by atoms with E-state index < -0.39 is 5.82 Å². The number of hydrogen-bond acceptors (Lipinski definition) is 5. The molecule has 4 rings (SSSR count). The van der Waals surface area contributed by atoms with Crippen LogP contribution in [0.4, 0.5) is 15.8 Å². The molecule has 1 aliphatic carbocycles. The molecule has 2 N–H and O–H groups in total. The van der Waals surface area contributed by atoms with Crippen LogP contribution in [0.15, 0.2) is 30.3 Å². The van der Waals surface area contributed by atoms with Crippen LogP contribution in [0.3, 0.4) is 0 Å². The van der Waals surface area contributed by atoms with Crippen molar-refractivity contribution in [2.45, 2.75) is 45.2 Å². The fraction of sp³-hybridized carbons (Fsp3) is 0.481. The summed E-state index contributed by atoms with van der Waals surface area (Å²) in [7, 11) is 5.48. The monoisotopic (exact) mass is 482 g/mol. The first-order valence-corrected chi connectivity index (χ1v) is 12.2. The first-order chi connectivity index (χ1) is 16.8. The van der Waals surface area contributed by atoms with E-state index in [1.165, 1.54) is 19.2 Å². The van der Waals surface area contributed by atoms with Gasteiger partial charge >= 0.3 is 0 Å². The van der Waals surface area contributed by atoms with Crippen LogP contribution < -0.4 is 15.4 Å². The van der Waals surface area contributed by atoms with E-state index in [2.05, 4.69) is 28.5 Å². The molecule has 35 heavy (non-hydrogen) atoms. The lowest BCUT2D eigenvalue weighted by molar-refractivity contribution is -0.121. The predicted octanol–water partition coefficient (Wildman–Crippen LogP) is 4.27. The number of carbonyl (C=O) groups excluding carboxylic acids is 2. The van der Waals surface area contributed by atoms with Gasteiger partial charge in [-0.3, -0.25) is 9.59 Å². The van der Waals surface area contributed by atoms with Crippen molar-refractivity contribution < 1.29 is 18.7 Å². The molecule has 0 atom stereocenters. The molecule has 0 aromatic heterocycles. The van der Waals surface area contributed by atoms with Crippen LogP contribution in [-0.2, 0) is 11.3 Å². The number of ether oxygens (including phenoxy) is 1. The molecule has 1 aliphatic heterocycles. The van der Waals surface area contributed by atoms with Gasteiger partial charge in [0, 0.05) is 54.6 Å². The zero-order chi connectivity index (χ0) is 25.1. The quantitative estimate of drug-likeness (QED) is 0.588. The maximum atomic E-state index is 13.9. The standard InChI is InChI=1S/C27H35FN4O3/c1-17-13-20(29-11-12-31(2)3)14-22-23(17)16-32(27(22)34)21-8-5-18(6-9-21)26(33)30-19-7-10-25(35-4)24(28)15-19/h7,10,13-15,18,21,29H,5-6,8-9,11-12,16H2,1-4H3,(H,30,33). The number of benzene rings is 2. The van der Waals surface area contributed by atoms with E-state index in [1.807, 2.05) is 25.1 Å². The molecule has 0 saturated heterocycles. The van der Waals surface area contributed by atoms with E-state index in [0.29, 0.717) is 25.1 Å². The number of halogens is 1. The van der Waals surface area contributed by atoms with E-state index >= 15 is 0 Å². The number of carbonyl (C=O) groups is 2. The van der Waals surface area contributed by atoms with Gasteiger partial charge in [0.25, 0.3) is 5.91 Å². The minimum Gasteiger partial charge on any atom is -0.494 e. The average molecular weight is 483 g/mol. The van der Waals surface area contributed by atoms with E-state index in [1.54, 1.807) is 6.07 Å². The summed E-state index contributed by atoms with van der Waals surface area (Å²) in [6.45, 7) is 4.43. The van der Waals surface area contributed by atoms with E-state index in [4.69, 9.17) is 4.74 Å². The highest BCUT2D eigenvalue weighted by molar-refractivity contribution is 6.00. The summed E-state index contributed by atoms with van der Waals surface area (Å²) in [5.74, 6) is -0.529. The molecule has 1 fully saturated rings. The number of nitrogens with zero attached hydrogens (tertiary/aromatic N) is 2. The number of nitrogens with one attached hydrogen (secondary N) is 2. The Kier molecular flexibility index (Phi) is 7.60. The fourth-order valence-electron chi connectivity index (χ4n) is 5.07. The Bertz CT molecular complexity index is 1100. The van der Waals surface area contributed by atoms with Gasteiger partial charge in [-0.1, -0.05) is 0 Å². The first-order valence-electron chi connectivity index (χ1n) is 12.2. The molecule has 0 radical (unpaired) electrons. The SMILES string of the molecule is COc1ccc(NC(=O)C2CCC(N3Cc4c(C)cc(NCCN(C)C)cc4C3=O)CC2)cc1F. The third kappa shape index (κ3) is 5.59. The summed E-state index contributed by atoms with van der Waals surface area (Å²) in [4.78, 5) is 30.1. The van der Waals surface area contributed by atoms with Crippen molar-refractivity contribution in [3.63, 3.8) is 0 Å². The highest BCUT2D eigenvalue weighted by atomic mass is 19.1. The molecule has 0 spiro atoms. The van der Waals surface area contributed by atoms with Gasteiger partial charge < -0.3 is 25.2 Å². The van der Waals surface area contributed by atoms with Crippen molar-refractivity contribution >= 4 is 23.2 Å². The van der Waals surface area contributed by atoms with Gasteiger partial charge in [0.1, 0.15) is 0 Å². The second-order valence-electron chi connectivity index (χ2n) is 9.83. The summed E-state index contributed by atoms with van der Waals surface area (Å²) >= 11 is 0. The molecule has 1 saturated carbocycles. The van der Waals surface area contributed by atoms with Crippen LogP contribution in [0.5, 0.6) is 5.75 Å². The van der Waals surface area contributed by atoms with Crippen molar-refractivity contribution in [1.82, 2.24) is 9.80 Å². The summed E-state index contributed by atoms with van der Waals surface area (Å²) in [6, 6.07) is 8.64. The van der Waals surface area contributed by atoms with Crippen LogP contribution in [0.1, 0.15) is 47.2 Å².